The fraction of sp³-hybridized carbons (Fsp3) is 0.286. The highest BCUT2D eigenvalue weighted by Crippen LogP contribution is 2.34. The standard InChI is InChI=1S/C21H19ClN2O3/c1-12(6-13-4-5-16(11-23)24(2)21(13)26)17-7-14-8-18(22)20(27-3)10-15(14)9-19(17)25/h4-5,7-8,10,12H,6,9H2,1-3H3. The number of allylic oxidation sites excluding steroid dienone is 1. The molecule has 0 bridgehead atoms. The minimum Gasteiger partial charge on any atom is -0.495 e. The number of rotatable bonds is 4. The van der Waals surface area contributed by atoms with Crippen LogP contribution in [0.1, 0.15) is 29.3 Å². The topological polar surface area (TPSA) is 72.1 Å². The van der Waals surface area contributed by atoms with Gasteiger partial charge in [-0.2, -0.15) is 5.26 Å². The molecule has 1 aromatic carbocycles. The molecule has 0 radical (unpaired) electrons. The first-order valence-electron chi connectivity index (χ1n) is 8.56. The van der Waals surface area contributed by atoms with Gasteiger partial charge in [0.2, 0.25) is 0 Å². The molecule has 3 rings (SSSR count). The summed E-state index contributed by atoms with van der Waals surface area (Å²) in [7, 11) is 3.12. The molecule has 0 fully saturated rings. The molecule has 1 aliphatic rings. The second-order valence-electron chi connectivity index (χ2n) is 6.71. The highest BCUT2D eigenvalue weighted by Gasteiger charge is 2.25. The van der Waals surface area contributed by atoms with Gasteiger partial charge in [-0.1, -0.05) is 24.6 Å². The van der Waals surface area contributed by atoms with Crippen LogP contribution in [0.25, 0.3) is 6.08 Å². The van der Waals surface area contributed by atoms with Crippen molar-refractivity contribution in [1.82, 2.24) is 4.57 Å². The van der Waals surface area contributed by atoms with Crippen LogP contribution in [0.5, 0.6) is 5.75 Å². The molecule has 138 valence electrons. The van der Waals surface area contributed by atoms with E-state index in [9.17, 15) is 9.59 Å². The van der Waals surface area contributed by atoms with Crippen LogP contribution >= 0.6 is 11.6 Å². The molecule has 1 heterocycles. The van der Waals surface area contributed by atoms with E-state index in [1.165, 1.54) is 4.57 Å². The third-order valence-corrected chi connectivity index (χ3v) is 5.25. The summed E-state index contributed by atoms with van der Waals surface area (Å²) < 4.78 is 6.55. The molecule has 1 aromatic heterocycles. The first-order valence-corrected chi connectivity index (χ1v) is 8.93. The minimum absolute atomic E-state index is 0.0323. The van der Waals surface area contributed by atoms with Crippen molar-refractivity contribution in [2.24, 2.45) is 13.0 Å². The number of aromatic nitrogens is 1. The van der Waals surface area contributed by atoms with Gasteiger partial charge >= 0.3 is 0 Å². The van der Waals surface area contributed by atoms with Crippen LogP contribution in [0.3, 0.4) is 0 Å². The van der Waals surface area contributed by atoms with Crippen LogP contribution in [-0.2, 0) is 24.7 Å². The summed E-state index contributed by atoms with van der Waals surface area (Å²) in [5.41, 5.74) is 3.13. The Morgan fingerprint density at radius 1 is 1.33 bits per heavy atom. The second kappa shape index (κ2) is 7.42. The molecular formula is C21H19ClN2O3. The first kappa shape index (κ1) is 18.9. The van der Waals surface area contributed by atoms with Crippen LogP contribution in [0.4, 0.5) is 0 Å². The van der Waals surface area contributed by atoms with Crippen molar-refractivity contribution < 1.29 is 9.53 Å². The van der Waals surface area contributed by atoms with Crippen molar-refractivity contribution in [2.75, 3.05) is 7.11 Å². The molecule has 2 aromatic rings. The molecule has 0 amide bonds. The molecule has 1 unspecified atom stereocenters. The summed E-state index contributed by atoms with van der Waals surface area (Å²) in [6, 6.07) is 8.88. The van der Waals surface area contributed by atoms with Gasteiger partial charge in [0, 0.05) is 19.0 Å². The summed E-state index contributed by atoms with van der Waals surface area (Å²) in [5, 5.41) is 9.52. The Hall–Kier alpha value is -2.84. The molecule has 0 N–H and O–H groups in total. The average molecular weight is 383 g/mol. The number of nitriles is 1. The first-order chi connectivity index (χ1) is 12.8. The lowest BCUT2D eigenvalue weighted by Gasteiger charge is -2.21. The highest BCUT2D eigenvalue weighted by atomic mass is 35.5. The Kier molecular flexibility index (Phi) is 5.20. The molecule has 1 atom stereocenters. The number of benzene rings is 1. The zero-order valence-electron chi connectivity index (χ0n) is 15.4. The molecule has 1 aliphatic carbocycles. The second-order valence-corrected chi connectivity index (χ2v) is 7.12. The van der Waals surface area contributed by atoms with E-state index in [0.29, 0.717) is 34.0 Å². The van der Waals surface area contributed by atoms with Gasteiger partial charge in [0.05, 0.1) is 12.1 Å². The number of Topliss-reactive ketones (excluding diaryl/α,β-unsaturated/α-hetero) is 1. The van der Waals surface area contributed by atoms with E-state index >= 15 is 0 Å². The Balaban J connectivity index is 1.93. The van der Waals surface area contributed by atoms with Crippen LogP contribution in [-0.4, -0.2) is 17.5 Å². The molecule has 0 spiro atoms. The summed E-state index contributed by atoms with van der Waals surface area (Å²) in [5.74, 6) is 0.450. The van der Waals surface area contributed by atoms with E-state index in [4.69, 9.17) is 21.6 Å². The largest absolute Gasteiger partial charge is 0.495 e. The summed E-state index contributed by atoms with van der Waals surface area (Å²) >= 11 is 6.21. The van der Waals surface area contributed by atoms with Crippen molar-refractivity contribution in [3.63, 3.8) is 0 Å². The maximum absolute atomic E-state index is 12.7. The van der Waals surface area contributed by atoms with Crippen LogP contribution < -0.4 is 10.3 Å². The van der Waals surface area contributed by atoms with E-state index in [-0.39, 0.29) is 23.7 Å². The maximum Gasteiger partial charge on any atom is 0.254 e. The summed E-state index contributed by atoms with van der Waals surface area (Å²) in [4.78, 5) is 25.1. The molecule has 0 aliphatic heterocycles. The number of carbonyl (C=O) groups is 1. The van der Waals surface area contributed by atoms with Gasteiger partial charge in [0.25, 0.3) is 5.56 Å². The van der Waals surface area contributed by atoms with Crippen LogP contribution in [0.2, 0.25) is 5.02 Å². The van der Waals surface area contributed by atoms with Gasteiger partial charge in [-0.25, -0.2) is 0 Å². The number of hydrogen-bond donors (Lipinski definition) is 0. The lowest BCUT2D eigenvalue weighted by Crippen LogP contribution is -2.26. The number of halogens is 1. The number of hydrogen-bond acceptors (Lipinski definition) is 4. The number of ether oxygens (including phenoxy) is 1. The predicted octanol–water partition coefficient (Wildman–Crippen LogP) is 3.31. The number of methoxy groups -OCH3 is 1. The lowest BCUT2D eigenvalue weighted by atomic mass is 9.83. The lowest BCUT2D eigenvalue weighted by molar-refractivity contribution is -0.115. The van der Waals surface area contributed by atoms with Crippen molar-refractivity contribution in [3.05, 3.63) is 67.6 Å². The molecule has 0 saturated heterocycles. The zero-order chi connectivity index (χ0) is 19.7. The molecular weight excluding hydrogens is 364 g/mol. The number of carbonyl (C=O) groups excluding carboxylic acids is 1. The van der Waals surface area contributed by atoms with Crippen LogP contribution in [0.15, 0.2) is 34.6 Å². The van der Waals surface area contributed by atoms with Gasteiger partial charge in [0.15, 0.2) is 5.78 Å². The van der Waals surface area contributed by atoms with Gasteiger partial charge in [0.1, 0.15) is 17.5 Å². The highest BCUT2D eigenvalue weighted by molar-refractivity contribution is 6.32. The van der Waals surface area contributed by atoms with Crippen molar-refractivity contribution >= 4 is 23.5 Å². The zero-order valence-corrected chi connectivity index (χ0v) is 16.1. The van der Waals surface area contributed by atoms with Crippen molar-refractivity contribution in [1.29, 1.82) is 5.26 Å². The van der Waals surface area contributed by atoms with Crippen molar-refractivity contribution in [3.8, 4) is 11.8 Å². The monoisotopic (exact) mass is 382 g/mol. The third-order valence-electron chi connectivity index (χ3n) is 4.95. The quantitative estimate of drug-likeness (QED) is 0.813. The van der Waals surface area contributed by atoms with E-state index in [1.54, 1.807) is 38.4 Å². The third kappa shape index (κ3) is 3.54. The molecule has 6 heteroatoms. The van der Waals surface area contributed by atoms with Gasteiger partial charge in [-0.3, -0.25) is 9.59 Å². The Labute approximate surface area is 162 Å². The number of pyridine rings is 1. The van der Waals surface area contributed by atoms with Gasteiger partial charge < -0.3 is 9.30 Å². The fourth-order valence-corrected chi connectivity index (χ4v) is 3.64. The Morgan fingerprint density at radius 2 is 2.07 bits per heavy atom. The number of nitrogens with zero attached hydrogens (tertiary/aromatic N) is 2. The Morgan fingerprint density at radius 3 is 2.74 bits per heavy atom. The molecule has 27 heavy (non-hydrogen) atoms. The SMILES string of the molecule is COc1cc2c(cc1Cl)C=C(C(C)Cc1ccc(C#N)n(C)c1=O)C(=O)C2. The molecule has 0 saturated carbocycles. The minimum atomic E-state index is -0.210. The number of ketones is 1. The average Bonchev–Trinajstić information content (AvgIpc) is 2.65. The Bertz CT molecular complexity index is 1060. The number of fused-ring (bicyclic) bond motifs is 1. The normalized spacial score (nSPS) is 14.2. The predicted molar refractivity (Wildman–Crippen MR) is 104 cm³/mol. The van der Waals surface area contributed by atoms with E-state index in [2.05, 4.69) is 0 Å². The van der Waals surface area contributed by atoms with E-state index < -0.39 is 0 Å². The summed E-state index contributed by atoms with van der Waals surface area (Å²) in [6.45, 7) is 1.93. The van der Waals surface area contributed by atoms with Crippen LogP contribution in [0, 0.1) is 17.2 Å². The smallest absolute Gasteiger partial charge is 0.254 e. The summed E-state index contributed by atoms with van der Waals surface area (Å²) in [6.07, 6.45) is 2.56. The van der Waals surface area contributed by atoms with Gasteiger partial charge in [-0.05, 0) is 53.3 Å². The fourth-order valence-electron chi connectivity index (χ4n) is 3.39. The van der Waals surface area contributed by atoms with Crippen molar-refractivity contribution in [2.45, 2.75) is 19.8 Å². The van der Waals surface area contributed by atoms with Gasteiger partial charge in [-0.15, -0.1) is 0 Å². The van der Waals surface area contributed by atoms with E-state index in [1.807, 2.05) is 19.1 Å². The molecule has 5 nitrogen and oxygen atoms in total. The van der Waals surface area contributed by atoms with E-state index in [0.717, 1.165) is 11.1 Å². The maximum atomic E-state index is 12.7.